The van der Waals surface area contributed by atoms with Crippen LogP contribution in [-0.4, -0.2) is 41.3 Å². The second-order valence-corrected chi connectivity index (χ2v) is 6.16. The molecule has 8 heteroatoms. The minimum Gasteiger partial charge on any atom is -0.493 e. The van der Waals surface area contributed by atoms with Gasteiger partial charge in [-0.1, -0.05) is 19.1 Å². The van der Waals surface area contributed by atoms with Crippen LogP contribution in [0, 0.1) is 0 Å². The van der Waals surface area contributed by atoms with E-state index in [9.17, 15) is 0 Å². The maximum atomic E-state index is 5.70. The molecule has 0 saturated heterocycles. The van der Waals surface area contributed by atoms with Gasteiger partial charge in [0.1, 0.15) is 0 Å². The van der Waals surface area contributed by atoms with Crippen LogP contribution in [-0.2, 0) is 13.1 Å². The van der Waals surface area contributed by atoms with Crippen LogP contribution in [0.3, 0.4) is 0 Å². The van der Waals surface area contributed by atoms with Gasteiger partial charge >= 0.3 is 0 Å². The molecule has 3 rings (SSSR count). The lowest BCUT2D eigenvalue weighted by Crippen LogP contribution is -2.36. The second kappa shape index (κ2) is 9.59. The van der Waals surface area contributed by atoms with Gasteiger partial charge in [0.25, 0.3) is 0 Å². The van der Waals surface area contributed by atoms with Crippen LogP contribution in [0.1, 0.15) is 24.7 Å². The first-order chi connectivity index (χ1) is 13.7. The van der Waals surface area contributed by atoms with Gasteiger partial charge in [-0.2, -0.15) is 0 Å². The fraction of sp³-hybridized carbons (Fsp3) is 0.350. The Morgan fingerprint density at radius 1 is 1.11 bits per heavy atom. The van der Waals surface area contributed by atoms with E-state index in [1.165, 1.54) is 0 Å². The second-order valence-electron chi connectivity index (χ2n) is 6.16. The molecular formula is C20H26N6O2. The van der Waals surface area contributed by atoms with Crippen LogP contribution < -0.4 is 20.1 Å². The SMILES string of the molecule is CCCOc1ccc(CNC(=NC)NCc2nnc3ccccn23)cc1OC. The lowest BCUT2D eigenvalue weighted by molar-refractivity contribution is 0.294. The molecule has 0 unspecified atom stereocenters. The minimum atomic E-state index is 0.512. The third-order valence-corrected chi connectivity index (χ3v) is 4.17. The van der Waals surface area contributed by atoms with Crippen LogP contribution in [0.25, 0.3) is 5.65 Å². The smallest absolute Gasteiger partial charge is 0.191 e. The Hall–Kier alpha value is -3.29. The maximum Gasteiger partial charge on any atom is 0.191 e. The van der Waals surface area contributed by atoms with Gasteiger partial charge in [-0.15, -0.1) is 10.2 Å². The van der Waals surface area contributed by atoms with E-state index in [0.29, 0.717) is 25.7 Å². The molecule has 0 amide bonds. The summed E-state index contributed by atoms with van der Waals surface area (Å²) in [5.74, 6) is 2.98. The van der Waals surface area contributed by atoms with Crippen molar-refractivity contribution in [2.45, 2.75) is 26.4 Å². The monoisotopic (exact) mass is 382 g/mol. The molecule has 0 aliphatic carbocycles. The third kappa shape index (κ3) is 4.70. The van der Waals surface area contributed by atoms with Gasteiger partial charge in [0.15, 0.2) is 28.9 Å². The molecule has 148 valence electrons. The summed E-state index contributed by atoms with van der Waals surface area (Å²) in [5.41, 5.74) is 1.89. The van der Waals surface area contributed by atoms with Crippen molar-refractivity contribution in [1.29, 1.82) is 0 Å². The molecule has 0 spiro atoms. The summed E-state index contributed by atoms with van der Waals surface area (Å²) in [6.07, 6.45) is 2.90. The van der Waals surface area contributed by atoms with E-state index in [0.717, 1.165) is 35.0 Å². The Morgan fingerprint density at radius 2 is 1.96 bits per heavy atom. The molecule has 28 heavy (non-hydrogen) atoms. The Bertz CT molecular complexity index is 937. The normalized spacial score (nSPS) is 11.5. The van der Waals surface area contributed by atoms with Crippen molar-refractivity contribution in [3.8, 4) is 11.5 Å². The van der Waals surface area contributed by atoms with Crippen LogP contribution in [0.15, 0.2) is 47.6 Å². The molecule has 2 N–H and O–H groups in total. The molecule has 0 radical (unpaired) electrons. The molecule has 2 heterocycles. The number of nitrogens with zero attached hydrogens (tertiary/aromatic N) is 4. The van der Waals surface area contributed by atoms with E-state index < -0.39 is 0 Å². The number of hydrogen-bond donors (Lipinski definition) is 2. The average molecular weight is 382 g/mol. The molecule has 0 aliphatic rings. The third-order valence-electron chi connectivity index (χ3n) is 4.17. The van der Waals surface area contributed by atoms with E-state index in [1.54, 1.807) is 14.2 Å². The van der Waals surface area contributed by atoms with E-state index in [-0.39, 0.29) is 0 Å². The maximum absolute atomic E-state index is 5.70. The molecule has 3 aromatic rings. The number of fused-ring (bicyclic) bond motifs is 1. The molecule has 0 fully saturated rings. The zero-order valence-electron chi connectivity index (χ0n) is 16.5. The number of nitrogens with one attached hydrogen (secondary N) is 2. The van der Waals surface area contributed by atoms with Gasteiger partial charge in [-0.05, 0) is 36.2 Å². The number of benzene rings is 1. The molecule has 1 aromatic carbocycles. The highest BCUT2D eigenvalue weighted by Crippen LogP contribution is 2.28. The standard InChI is InChI=1S/C20H26N6O2/c1-4-11-28-16-9-8-15(12-17(16)27-3)13-22-20(21-2)23-14-19-25-24-18-7-5-6-10-26(18)19/h5-10,12H,4,11,13-14H2,1-3H3,(H2,21,22,23). The summed E-state index contributed by atoms with van der Waals surface area (Å²) in [5, 5.41) is 14.9. The number of hydrogen-bond acceptors (Lipinski definition) is 5. The highest BCUT2D eigenvalue weighted by atomic mass is 16.5. The number of guanidine groups is 1. The minimum absolute atomic E-state index is 0.512. The highest BCUT2D eigenvalue weighted by Gasteiger charge is 2.08. The predicted molar refractivity (Wildman–Crippen MR) is 109 cm³/mol. The predicted octanol–water partition coefficient (Wildman–Crippen LogP) is 2.39. The van der Waals surface area contributed by atoms with E-state index in [1.807, 2.05) is 47.0 Å². The Kier molecular flexibility index (Phi) is 6.67. The Labute approximate surface area is 164 Å². The first-order valence-electron chi connectivity index (χ1n) is 9.28. The van der Waals surface area contributed by atoms with Gasteiger partial charge in [-0.25, -0.2) is 0 Å². The zero-order chi connectivity index (χ0) is 19.8. The quantitative estimate of drug-likeness (QED) is 0.460. The van der Waals surface area contributed by atoms with Crippen LogP contribution in [0.2, 0.25) is 0 Å². The van der Waals surface area contributed by atoms with Gasteiger partial charge < -0.3 is 20.1 Å². The first-order valence-corrected chi connectivity index (χ1v) is 9.28. The molecule has 8 nitrogen and oxygen atoms in total. The van der Waals surface area contributed by atoms with Crippen molar-refractivity contribution in [3.05, 3.63) is 54.0 Å². The fourth-order valence-electron chi connectivity index (χ4n) is 2.73. The number of pyridine rings is 1. The van der Waals surface area contributed by atoms with Crippen molar-refractivity contribution in [2.75, 3.05) is 20.8 Å². The Morgan fingerprint density at radius 3 is 2.75 bits per heavy atom. The van der Waals surface area contributed by atoms with Gasteiger partial charge in [-0.3, -0.25) is 9.39 Å². The molecule has 0 atom stereocenters. The van der Waals surface area contributed by atoms with E-state index in [2.05, 4.69) is 32.7 Å². The van der Waals surface area contributed by atoms with E-state index >= 15 is 0 Å². The van der Waals surface area contributed by atoms with Gasteiger partial charge in [0.05, 0.1) is 20.3 Å². The summed E-state index contributed by atoms with van der Waals surface area (Å²) in [6.45, 7) is 3.86. The van der Waals surface area contributed by atoms with Gasteiger partial charge in [0, 0.05) is 19.8 Å². The summed E-state index contributed by atoms with van der Waals surface area (Å²) < 4.78 is 13.1. The summed E-state index contributed by atoms with van der Waals surface area (Å²) in [6, 6.07) is 11.7. The summed E-state index contributed by atoms with van der Waals surface area (Å²) in [4.78, 5) is 4.26. The number of aromatic nitrogens is 3. The van der Waals surface area contributed by atoms with Crippen LogP contribution >= 0.6 is 0 Å². The number of aliphatic imine (C=N–C) groups is 1. The van der Waals surface area contributed by atoms with Gasteiger partial charge in [0.2, 0.25) is 0 Å². The van der Waals surface area contributed by atoms with Crippen molar-refractivity contribution >= 4 is 11.6 Å². The molecule has 0 bridgehead atoms. The van der Waals surface area contributed by atoms with Crippen molar-refractivity contribution in [1.82, 2.24) is 25.2 Å². The first kappa shape index (κ1) is 19.5. The largest absolute Gasteiger partial charge is 0.493 e. The molecule has 0 saturated carbocycles. The number of rotatable bonds is 8. The van der Waals surface area contributed by atoms with Crippen molar-refractivity contribution in [3.63, 3.8) is 0 Å². The number of methoxy groups -OCH3 is 1. The topological polar surface area (TPSA) is 85.1 Å². The lowest BCUT2D eigenvalue weighted by atomic mass is 10.2. The summed E-state index contributed by atoms with van der Waals surface area (Å²) in [7, 11) is 3.38. The average Bonchev–Trinajstić information content (AvgIpc) is 3.16. The molecule has 0 aliphatic heterocycles. The molecular weight excluding hydrogens is 356 g/mol. The zero-order valence-corrected chi connectivity index (χ0v) is 16.5. The van der Waals surface area contributed by atoms with Crippen LogP contribution in [0.4, 0.5) is 0 Å². The molecule has 2 aromatic heterocycles. The fourth-order valence-corrected chi connectivity index (χ4v) is 2.73. The van der Waals surface area contributed by atoms with Crippen molar-refractivity contribution in [2.24, 2.45) is 4.99 Å². The lowest BCUT2D eigenvalue weighted by Gasteiger charge is -2.14. The number of ether oxygens (including phenoxy) is 2. The van der Waals surface area contributed by atoms with E-state index in [4.69, 9.17) is 9.47 Å². The highest BCUT2D eigenvalue weighted by molar-refractivity contribution is 5.79. The van der Waals surface area contributed by atoms with Crippen LogP contribution in [0.5, 0.6) is 11.5 Å². The summed E-state index contributed by atoms with van der Waals surface area (Å²) >= 11 is 0. The Balaban J connectivity index is 1.58. The van der Waals surface area contributed by atoms with Crippen molar-refractivity contribution < 1.29 is 9.47 Å².